The number of aromatic nitrogens is 1. The van der Waals surface area contributed by atoms with Gasteiger partial charge >= 0.3 is 0 Å². The van der Waals surface area contributed by atoms with Gasteiger partial charge in [-0.1, -0.05) is 23.4 Å². The fourth-order valence-corrected chi connectivity index (χ4v) is 2.00. The van der Waals surface area contributed by atoms with Crippen LogP contribution in [0, 0.1) is 11.3 Å². The third kappa shape index (κ3) is 2.93. The van der Waals surface area contributed by atoms with E-state index < -0.39 is 0 Å². The molecule has 0 unspecified atom stereocenters. The summed E-state index contributed by atoms with van der Waals surface area (Å²) in [6.07, 6.45) is 1.54. The molecule has 0 amide bonds. The molecule has 0 bridgehead atoms. The van der Waals surface area contributed by atoms with Gasteiger partial charge in [-0.15, -0.1) is 0 Å². The van der Waals surface area contributed by atoms with E-state index in [0.29, 0.717) is 12.2 Å². The Bertz CT molecular complexity index is 756. The average molecular weight is 276 g/mol. The third-order valence-corrected chi connectivity index (χ3v) is 3.12. The molecule has 0 aliphatic carbocycles. The van der Waals surface area contributed by atoms with E-state index in [2.05, 4.69) is 11.2 Å². The number of benzene rings is 2. The van der Waals surface area contributed by atoms with Crippen LogP contribution in [0.1, 0.15) is 11.1 Å². The minimum absolute atomic E-state index is 0.368. The standard InChI is InChI=1S/C17H12N2O2/c18-11-14-3-1-2-4-15(14)12-20-16-7-5-13(6-8-16)17-9-10-21-19-17/h1-10H,12H2. The molecule has 0 fully saturated rings. The van der Waals surface area contributed by atoms with Crippen molar-refractivity contribution in [2.24, 2.45) is 0 Å². The van der Waals surface area contributed by atoms with Crippen LogP contribution in [-0.2, 0) is 6.61 Å². The normalized spacial score (nSPS) is 10.0. The molecule has 21 heavy (non-hydrogen) atoms. The minimum Gasteiger partial charge on any atom is -0.489 e. The van der Waals surface area contributed by atoms with Gasteiger partial charge in [0.1, 0.15) is 24.3 Å². The van der Waals surface area contributed by atoms with E-state index in [1.54, 1.807) is 18.4 Å². The highest BCUT2D eigenvalue weighted by Crippen LogP contribution is 2.21. The number of rotatable bonds is 4. The van der Waals surface area contributed by atoms with E-state index in [4.69, 9.17) is 14.5 Å². The van der Waals surface area contributed by atoms with E-state index in [0.717, 1.165) is 22.6 Å². The molecular formula is C17H12N2O2. The van der Waals surface area contributed by atoms with Gasteiger partial charge in [0.2, 0.25) is 0 Å². The van der Waals surface area contributed by atoms with E-state index >= 15 is 0 Å². The summed E-state index contributed by atoms with van der Waals surface area (Å²) in [6, 6.07) is 19.0. The van der Waals surface area contributed by atoms with E-state index in [9.17, 15) is 0 Å². The van der Waals surface area contributed by atoms with Crippen molar-refractivity contribution in [1.29, 1.82) is 5.26 Å². The molecule has 0 atom stereocenters. The molecule has 1 heterocycles. The lowest BCUT2D eigenvalue weighted by atomic mass is 10.1. The number of nitrogens with zero attached hydrogens (tertiary/aromatic N) is 2. The van der Waals surface area contributed by atoms with Crippen molar-refractivity contribution in [3.8, 4) is 23.1 Å². The molecule has 0 saturated carbocycles. The van der Waals surface area contributed by atoms with E-state index in [-0.39, 0.29) is 0 Å². The second-order valence-corrected chi connectivity index (χ2v) is 4.47. The Morgan fingerprint density at radius 2 is 1.86 bits per heavy atom. The molecule has 0 radical (unpaired) electrons. The molecule has 0 aliphatic heterocycles. The van der Waals surface area contributed by atoms with Gasteiger partial charge in [-0.3, -0.25) is 0 Å². The summed E-state index contributed by atoms with van der Waals surface area (Å²) in [7, 11) is 0. The summed E-state index contributed by atoms with van der Waals surface area (Å²) >= 11 is 0. The van der Waals surface area contributed by atoms with Crippen LogP contribution in [0.3, 0.4) is 0 Å². The van der Waals surface area contributed by atoms with Crippen LogP contribution in [0.25, 0.3) is 11.3 Å². The summed E-state index contributed by atoms with van der Waals surface area (Å²) in [6.45, 7) is 0.368. The Balaban J connectivity index is 1.70. The van der Waals surface area contributed by atoms with Gasteiger partial charge < -0.3 is 9.26 Å². The van der Waals surface area contributed by atoms with Gasteiger partial charge in [-0.05, 0) is 30.3 Å². The van der Waals surface area contributed by atoms with Crippen LogP contribution >= 0.6 is 0 Å². The molecule has 2 aromatic carbocycles. The van der Waals surface area contributed by atoms with Crippen molar-refractivity contribution in [2.75, 3.05) is 0 Å². The van der Waals surface area contributed by atoms with Crippen molar-refractivity contribution in [3.05, 3.63) is 72.0 Å². The zero-order valence-corrected chi connectivity index (χ0v) is 11.2. The van der Waals surface area contributed by atoms with Crippen LogP contribution in [0.5, 0.6) is 5.75 Å². The molecule has 4 heteroatoms. The van der Waals surface area contributed by atoms with Crippen molar-refractivity contribution >= 4 is 0 Å². The lowest BCUT2D eigenvalue weighted by molar-refractivity contribution is 0.306. The minimum atomic E-state index is 0.368. The predicted octanol–water partition coefficient (Wildman–Crippen LogP) is 3.79. The molecule has 0 spiro atoms. The summed E-state index contributed by atoms with van der Waals surface area (Å²) in [5.74, 6) is 0.745. The molecule has 0 saturated heterocycles. The van der Waals surface area contributed by atoms with Crippen molar-refractivity contribution in [1.82, 2.24) is 5.16 Å². The molecule has 1 aromatic heterocycles. The fourth-order valence-electron chi connectivity index (χ4n) is 2.00. The first-order valence-electron chi connectivity index (χ1n) is 6.48. The second kappa shape index (κ2) is 5.93. The highest BCUT2D eigenvalue weighted by molar-refractivity contribution is 5.59. The molecule has 0 N–H and O–H groups in total. The first kappa shape index (κ1) is 12.9. The van der Waals surface area contributed by atoms with Crippen LogP contribution in [0.15, 0.2) is 65.4 Å². The Hall–Kier alpha value is -3.06. The Morgan fingerprint density at radius 3 is 2.57 bits per heavy atom. The predicted molar refractivity (Wildman–Crippen MR) is 77.4 cm³/mol. The summed E-state index contributed by atoms with van der Waals surface area (Å²) in [4.78, 5) is 0. The summed E-state index contributed by atoms with van der Waals surface area (Å²) in [5.41, 5.74) is 3.27. The fraction of sp³-hybridized carbons (Fsp3) is 0.0588. The van der Waals surface area contributed by atoms with Gasteiger partial charge in [0.05, 0.1) is 11.6 Å². The zero-order valence-electron chi connectivity index (χ0n) is 11.2. The SMILES string of the molecule is N#Cc1ccccc1COc1ccc(-c2ccon2)cc1. The van der Waals surface area contributed by atoms with Gasteiger partial charge in [-0.2, -0.15) is 5.26 Å². The quantitative estimate of drug-likeness (QED) is 0.727. The third-order valence-electron chi connectivity index (χ3n) is 3.12. The average Bonchev–Trinajstić information content (AvgIpc) is 3.08. The van der Waals surface area contributed by atoms with E-state index in [1.165, 1.54) is 0 Å². The molecule has 3 rings (SSSR count). The maximum Gasteiger partial charge on any atom is 0.124 e. The Morgan fingerprint density at radius 1 is 1.05 bits per heavy atom. The van der Waals surface area contributed by atoms with Gasteiger partial charge in [0.25, 0.3) is 0 Å². The number of hydrogen-bond acceptors (Lipinski definition) is 4. The van der Waals surface area contributed by atoms with E-state index in [1.807, 2.05) is 42.5 Å². The Labute approximate surface area is 122 Å². The highest BCUT2D eigenvalue weighted by Gasteiger charge is 2.04. The van der Waals surface area contributed by atoms with Crippen LogP contribution in [0.4, 0.5) is 0 Å². The highest BCUT2D eigenvalue weighted by atomic mass is 16.5. The number of ether oxygens (including phenoxy) is 1. The topological polar surface area (TPSA) is 59.0 Å². The molecule has 3 aromatic rings. The molecule has 0 aliphatic rings. The maximum atomic E-state index is 9.04. The van der Waals surface area contributed by atoms with Gasteiger partial charge in [-0.25, -0.2) is 0 Å². The van der Waals surface area contributed by atoms with Crippen LogP contribution in [-0.4, -0.2) is 5.16 Å². The van der Waals surface area contributed by atoms with Crippen LogP contribution in [0.2, 0.25) is 0 Å². The van der Waals surface area contributed by atoms with Crippen LogP contribution < -0.4 is 4.74 Å². The number of nitriles is 1. The zero-order chi connectivity index (χ0) is 14.5. The molecular weight excluding hydrogens is 264 g/mol. The second-order valence-electron chi connectivity index (χ2n) is 4.47. The largest absolute Gasteiger partial charge is 0.489 e. The molecule has 102 valence electrons. The first-order valence-corrected chi connectivity index (χ1v) is 6.48. The number of hydrogen-bond donors (Lipinski definition) is 0. The van der Waals surface area contributed by atoms with Crippen molar-refractivity contribution in [2.45, 2.75) is 6.61 Å². The summed E-state index contributed by atoms with van der Waals surface area (Å²) < 4.78 is 10.5. The summed E-state index contributed by atoms with van der Waals surface area (Å²) in [5, 5.41) is 12.9. The lowest BCUT2D eigenvalue weighted by Crippen LogP contribution is -1.97. The van der Waals surface area contributed by atoms with Gasteiger partial charge in [0.15, 0.2) is 0 Å². The lowest BCUT2D eigenvalue weighted by Gasteiger charge is -2.08. The maximum absolute atomic E-state index is 9.04. The van der Waals surface area contributed by atoms with Crippen molar-refractivity contribution < 1.29 is 9.26 Å². The van der Waals surface area contributed by atoms with Gasteiger partial charge in [0, 0.05) is 17.2 Å². The molecule has 4 nitrogen and oxygen atoms in total. The monoisotopic (exact) mass is 276 g/mol. The smallest absolute Gasteiger partial charge is 0.124 e. The Kier molecular flexibility index (Phi) is 3.66. The van der Waals surface area contributed by atoms with Crippen molar-refractivity contribution in [3.63, 3.8) is 0 Å². The first-order chi connectivity index (χ1) is 10.4.